The van der Waals surface area contributed by atoms with E-state index in [0.717, 1.165) is 37.0 Å². The number of aromatic nitrogens is 2. The van der Waals surface area contributed by atoms with E-state index in [1.807, 2.05) is 32.9 Å². The molecule has 1 aromatic carbocycles. The maximum atomic E-state index is 12.2. The molecule has 0 saturated carbocycles. The van der Waals surface area contributed by atoms with Gasteiger partial charge in [-0.3, -0.25) is 0 Å². The Morgan fingerprint density at radius 2 is 1.96 bits per heavy atom. The molecule has 4 rings (SSSR count). The summed E-state index contributed by atoms with van der Waals surface area (Å²) < 4.78 is 16.5. The Bertz CT molecular complexity index is 830. The third-order valence-corrected chi connectivity index (χ3v) is 5.16. The molecule has 1 aromatic heterocycles. The molecular formula is C21H27N3O4. The van der Waals surface area contributed by atoms with Crippen LogP contribution in [0, 0.1) is 0 Å². The number of nitrogens with zero attached hydrogens (tertiary/aromatic N) is 3. The molecule has 2 saturated heterocycles. The molecule has 0 bridgehead atoms. The van der Waals surface area contributed by atoms with Crippen molar-refractivity contribution in [2.45, 2.75) is 57.7 Å². The fourth-order valence-corrected chi connectivity index (χ4v) is 3.54. The normalized spacial score (nSPS) is 20.7. The Labute approximate surface area is 165 Å². The van der Waals surface area contributed by atoms with Crippen molar-refractivity contribution >= 4 is 6.09 Å². The first-order chi connectivity index (χ1) is 13.4. The molecule has 1 unspecified atom stereocenters. The van der Waals surface area contributed by atoms with E-state index < -0.39 is 5.60 Å². The zero-order chi connectivity index (χ0) is 19.7. The Kier molecular flexibility index (Phi) is 5.10. The lowest BCUT2D eigenvalue weighted by molar-refractivity contribution is -0.0526. The maximum absolute atomic E-state index is 12.2. The van der Waals surface area contributed by atoms with Gasteiger partial charge in [-0.15, -0.1) is 0 Å². The highest BCUT2D eigenvalue weighted by Gasteiger charge is 2.30. The SMILES string of the molecule is CC(C)(C)OC(=O)N1CCC(c2noc(-c3cccc(C4CCO4)c3)n2)CC1. The topological polar surface area (TPSA) is 77.7 Å². The molecule has 7 heteroatoms. The molecule has 3 heterocycles. The van der Waals surface area contributed by atoms with E-state index >= 15 is 0 Å². The largest absolute Gasteiger partial charge is 0.444 e. The molecule has 2 aliphatic rings. The first-order valence-corrected chi connectivity index (χ1v) is 9.92. The Balaban J connectivity index is 1.38. The van der Waals surface area contributed by atoms with Crippen LogP contribution < -0.4 is 0 Å². The van der Waals surface area contributed by atoms with E-state index in [-0.39, 0.29) is 18.1 Å². The van der Waals surface area contributed by atoms with Crippen LogP contribution in [0.1, 0.15) is 63.4 Å². The van der Waals surface area contributed by atoms with Gasteiger partial charge in [-0.2, -0.15) is 4.98 Å². The number of hydrogen-bond donors (Lipinski definition) is 0. The summed E-state index contributed by atoms with van der Waals surface area (Å²) >= 11 is 0. The average molecular weight is 385 g/mol. The predicted molar refractivity (Wildman–Crippen MR) is 103 cm³/mol. The van der Waals surface area contributed by atoms with Crippen LogP contribution in [-0.2, 0) is 9.47 Å². The summed E-state index contributed by atoms with van der Waals surface area (Å²) in [5.41, 5.74) is 1.59. The molecular weight excluding hydrogens is 358 g/mol. The lowest BCUT2D eigenvalue weighted by Gasteiger charge is -2.32. The second-order valence-corrected chi connectivity index (χ2v) is 8.47. The summed E-state index contributed by atoms with van der Waals surface area (Å²) in [6, 6.07) is 8.10. The van der Waals surface area contributed by atoms with Gasteiger partial charge in [0.25, 0.3) is 5.89 Å². The molecule has 7 nitrogen and oxygen atoms in total. The van der Waals surface area contributed by atoms with Crippen LogP contribution in [0.2, 0.25) is 0 Å². The standard InChI is InChI=1S/C21H27N3O4/c1-21(2,3)27-20(25)24-10-7-14(8-11-24)18-22-19(28-23-18)16-6-4-5-15(13-16)17-9-12-26-17/h4-6,13-14,17H,7-12H2,1-3H3. The number of carbonyl (C=O) groups is 1. The van der Waals surface area contributed by atoms with Gasteiger partial charge in [0.2, 0.25) is 0 Å². The summed E-state index contributed by atoms with van der Waals surface area (Å²) in [6.45, 7) is 7.73. The van der Waals surface area contributed by atoms with Crippen LogP contribution in [0.5, 0.6) is 0 Å². The van der Waals surface area contributed by atoms with Gasteiger partial charge in [0.1, 0.15) is 5.60 Å². The van der Waals surface area contributed by atoms with Crippen molar-refractivity contribution in [3.63, 3.8) is 0 Å². The molecule has 150 valence electrons. The van der Waals surface area contributed by atoms with Gasteiger partial charge < -0.3 is 18.9 Å². The van der Waals surface area contributed by atoms with E-state index in [2.05, 4.69) is 22.3 Å². The van der Waals surface area contributed by atoms with Crippen molar-refractivity contribution in [3.05, 3.63) is 35.7 Å². The van der Waals surface area contributed by atoms with Crippen LogP contribution in [-0.4, -0.2) is 46.4 Å². The smallest absolute Gasteiger partial charge is 0.410 e. The fourth-order valence-electron chi connectivity index (χ4n) is 3.54. The van der Waals surface area contributed by atoms with E-state index in [9.17, 15) is 4.79 Å². The van der Waals surface area contributed by atoms with Crippen molar-refractivity contribution < 1.29 is 18.8 Å². The van der Waals surface area contributed by atoms with Crippen molar-refractivity contribution in [2.24, 2.45) is 0 Å². The number of hydrogen-bond acceptors (Lipinski definition) is 6. The zero-order valence-electron chi connectivity index (χ0n) is 16.7. The second-order valence-electron chi connectivity index (χ2n) is 8.47. The minimum absolute atomic E-state index is 0.180. The van der Waals surface area contributed by atoms with E-state index in [0.29, 0.717) is 24.8 Å². The average Bonchev–Trinajstić information content (AvgIpc) is 3.09. The van der Waals surface area contributed by atoms with Gasteiger partial charge in [-0.1, -0.05) is 17.3 Å². The van der Waals surface area contributed by atoms with Gasteiger partial charge in [0, 0.05) is 31.0 Å². The molecule has 2 aliphatic heterocycles. The highest BCUT2D eigenvalue weighted by Crippen LogP contribution is 2.33. The fraction of sp³-hybridized carbons (Fsp3) is 0.571. The van der Waals surface area contributed by atoms with Gasteiger partial charge in [0.05, 0.1) is 12.7 Å². The van der Waals surface area contributed by atoms with Gasteiger partial charge >= 0.3 is 6.09 Å². The van der Waals surface area contributed by atoms with Crippen LogP contribution >= 0.6 is 0 Å². The van der Waals surface area contributed by atoms with Crippen LogP contribution in [0.25, 0.3) is 11.5 Å². The number of likely N-dealkylation sites (tertiary alicyclic amines) is 1. The minimum atomic E-state index is -0.477. The van der Waals surface area contributed by atoms with E-state index in [1.165, 1.54) is 0 Å². The Morgan fingerprint density at radius 1 is 1.21 bits per heavy atom. The highest BCUT2D eigenvalue weighted by atomic mass is 16.6. The number of carbonyl (C=O) groups excluding carboxylic acids is 1. The van der Waals surface area contributed by atoms with Gasteiger partial charge in [0.15, 0.2) is 5.82 Å². The van der Waals surface area contributed by atoms with Crippen LogP contribution in [0.15, 0.2) is 28.8 Å². The third-order valence-electron chi connectivity index (χ3n) is 5.16. The Morgan fingerprint density at radius 3 is 2.61 bits per heavy atom. The molecule has 0 N–H and O–H groups in total. The molecule has 1 amide bonds. The molecule has 0 radical (unpaired) electrons. The highest BCUT2D eigenvalue weighted by molar-refractivity contribution is 5.68. The number of amides is 1. The molecule has 28 heavy (non-hydrogen) atoms. The van der Waals surface area contributed by atoms with Gasteiger partial charge in [-0.25, -0.2) is 4.79 Å². The van der Waals surface area contributed by atoms with Crippen molar-refractivity contribution in [3.8, 4) is 11.5 Å². The summed E-state index contributed by atoms with van der Waals surface area (Å²) in [5, 5.41) is 4.20. The number of piperidine rings is 1. The van der Waals surface area contributed by atoms with Crippen molar-refractivity contribution in [1.29, 1.82) is 0 Å². The van der Waals surface area contributed by atoms with Crippen molar-refractivity contribution in [2.75, 3.05) is 19.7 Å². The van der Waals surface area contributed by atoms with E-state index in [1.54, 1.807) is 4.90 Å². The Hall–Kier alpha value is -2.41. The summed E-state index contributed by atoms with van der Waals surface area (Å²) in [7, 11) is 0. The molecule has 1 atom stereocenters. The summed E-state index contributed by atoms with van der Waals surface area (Å²) in [4.78, 5) is 18.6. The first kappa shape index (κ1) is 18.9. The predicted octanol–water partition coefficient (Wildman–Crippen LogP) is 4.31. The third kappa shape index (κ3) is 4.19. The zero-order valence-corrected chi connectivity index (χ0v) is 16.7. The quantitative estimate of drug-likeness (QED) is 0.783. The minimum Gasteiger partial charge on any atom is -0.444 e. The molecule has 0 spiro atoms. The molecule has 2 fully saturated rings. The lowest BCUT2D eigenvalue weighted by atomic mass is 9.96. The number of benzene rings is 1. The first-order valence-electron chi connectivity index (χ1n) is 9.92. The van der Waals surface area contributed by atoms with Crippen LogP contribution in [0.3, 0.4) is 0 Å². The van der Waals surface area contributed by atoms with Crippen LogP contribution in [0.4, 0.5) is 4.79 Å². The second kappa shape index (κ2) is 7.54. The number of ether oxygens (including phenoxy) is 2. The van der Waals surface area contributed by atoms with Gasteiger partial charge in [-0.05, 0) is 51.3 Å². The monoisotopic (exact) mass is 385 g/mol. The lowest BCUT2D eigenvalue weighted by Crippen LogP contribution is -2.41. The van der Waals surface area contributed by atoms with Crippen molar-refractivity contribution in [1.82, 2.24) is 15.0 Å². The van der Waals surface area contributed by atoms with E-state index in [4.69, 9.17) is 14.0 Å². The molecule has 0 aliphatic carbocycles. The summed E-state index contributed by atoms with van der Waals surface area (Å²) in [6.07, 6.45) is 2.58. The summed E-state index contributed by atoms with van der Waals surface area (Å²) in [5.74, 6) is 1.43. The molecule has 2 aromatic rings. The number of rotatable bonds is 3. The maximum Gasteiger partial charge on any atom is 0.410 e.